The standard InChI is InChI=1S/C18H18BrNO5/c1-23-9-10-25-16-8-7-12(19)11-14(16)17(21)20-15-6-4-3-5-13(15)18(22)24-2/h3-8,11H,9-10H2,1-2H3,(H,20,21). The van der Waals surface area contributed by atoms with Crippen LogP contribution in [0.25, 0.3) is 0 Å². The van der Waals surface area contributed by atoms with Gasteiger partial charge in [-0.3, -0.25) is 4.79 Å². The van der Waals surface area contributed by atoms with Crippen LogP contribution in [0.15, 0.2) is 46.9 Å². The van der Waals surface area contributed by atoms with Gasteiger partial charge in [-0.05, 0) is 30.3 Å². The first-order chi connectivity index (χ1) is 12.1. The Labute approximate surface area is 154 Å². The van der Waals surface area contributed by atoms with Gasteiger partial charge in [0.2, 0.25) is 0 Å². The number of hydrogen-bond acceptors (Lipinski definition) is 5. The molecular formula is C18H18BrNO5. The van der Waals surface area contributed by atoms with E-state index in [-0.39, 0.29) is 5.56 Å². The van der Waals surface area contributed by atoms with Crippen molar-refractivity contribution in [2.45, 2.75) is 0 Å². The maximum Gasteiger partial charge on any atom is 0.339 e. The maximum atomic E-state index is 12.7. The summed E-state index contributed by atoms with van der Waals surface area (Å²) < 4.78 is 16.0. The summed E-state index contributed by atoms with van der Waals surface area (Å²) in [5.41, 5.74) is 0.975. The van der Waals surface area contributed by atoms with Gasteiger partial charge < -0.3 is 19.5 Å². The van der Waals surface area contributed by atoms with E-state index < -0.39 is 11.9 Å². The third kappa shape index (κ3) is 5.04. The van der Waals surface area contributed by atoms with Crippen LogP contribution in [0.3, 0.4) is 0 Å². The number of carbonyl (C=O) groups is 2. The zero-order valence-electron chi connectivity index (χ0n) is 13.9. The lowest BCUT2D eigenvalue weighted by atomic mass is 10.1. The number of esters is 1. The Balaban J connectivity index is 2.27. The molecule has 2 aromatic rings. The van der Waals surface area contributed by atoms with Crippen LogP contribution in [0, 0.1) is 0 Å². The summed E-state index contributed by atoms with van der Waals surface area (Å²) in [6.45, 7) is 0.722. The van der Waals surface area contributed by atoms with Crippen molar-refractivity contribution in [2.75, 3.05) is 32.8 Å². The van der Waals surface area contributed by atoms with E-state index in [2.05, 4.69) is 21.2 Å². The summed E-state index contributed by atoms with van der Waals surface area (Å²) in [7, 11) is 2.86. The lowest BCUT2D eigenvalue weighted by Gasteiger charge is -2.13. The number of nitrogens with one attached hydrogen (secondary N) is 1. The summed E-state index contributed by atoms with van der Waals surface area (Å²) in [5, 5.41) is 2.73. The minimum absolute atomic E-state index is 0.273. The van der Waals surface area contributed by atoms with Gasteiger partial charge in [-0.25, -0.2) is 4.79 Å². The molecule has 1 amide bonds. The van der Waals surface area contributed by atoms with Crippen LogP contribution in [0.5, 0.6) is 5.75 Å². The molecule has 0 aliphatic heterocycles. The smallest absolute Gasteiger partial charge is 0.339 e. The molecule has 0 aliphatic rings. The van der Waals surface area contributed by atoms with Gasteiger partial charge in [-0.15, -0.1) is 0 Å². The topological polar surface area (TPSA) is 73.9 Å². The molecule has 25 heavy (non-hydrogen) atoms. The molecule has 0 fully saturated rings. The van der Waals surface area contributed by atoms with Crippen molar-refractivity contribution >= 4 is 33.5 Å². The molecule has 0 spiro atoms. The predicted molar refractivity (Wildman–Crippen MR) is 97.2 cm³/mol. The zero-order chi connectivity index (χ0) is 18.2. The normalized spacial score (nSPS) is 10.2. The molecule has 2 rings (SSSR count). The number of benzene rings is 2. The first kappa shape index (κ1) is 19.0. The van der Waals surface area contributed by atoms with Crippen LogP contribution in [0.1, 0.15) is 20.7 Å². The van der Waals surface area contributed by atoms with Crippen molar-refractivity contribution in [1.82, 2.24) is 0 Å². The number of rotatable bonds is 7. The van der Waals surface area contributed by atoms with E-state index in [9.17, 15) is 9.59 Å². The molecule has 0 saturated heterocycles. The maximum absolute atomic E-state index is 12.7. The van der Waals surface area contributed by atoms with Crippen molar-refractivity contribution in [1.29, 1.82) is 0 Å². The Morgan fingerprint density at radius 1 is 1.04 bits per heavy atom. The zero-order valence-corrected chi connectivity index (χ0v) is 15.5. The minimum Gasteiger partial charge on any atom is -0.490 e. The number of para-hydroxylation sites is 1. The Hall–Kier alpha value is -2.38. The summed E-state index contributed by atoms with van der Waals surface area (Å²) in [6.07, 6.45) is 0. The Morgan fingerprint density at radius 3 is 2.52 bits per heavy atom. The molecule has 0 saturated carbocycles. The van der Waals surface area contributed by atoms with Crippen molar-refractivity contribution in [3.8, 4) is 5.75 Å². The fourth-order valence-electron chi connectivity index (χ4n) is 2.11. The third-order valence-electron chi connectivity index (χ3n) is 3.31. The second-order valence-corrected chi connectivity index (χ2v) is 5.89. The molecular weight excluding hydrogens is 390 g/mol. The molecule has 2 aromatic carbocycles. The molecule has 0 atom stereocenters. The lowest BCUT2D eigenvalue weighted by molar-refractivity contribution is 0.0602. The monoisotopic (exact) mass is 407 g/mol. The van der Waals surface area contributed by atoms with Crippen molar-refractivity contribution < 1.29 is 23.8 Å². The van der Waals surface area contributed by atoms with Crippen LogP contribution in [-0.4, -0.2) is 39.3 Å². The van der Waals surface area contributed by atoms with Crippen molar-refractivity contribution in [2.24, 2.45) is 0 Å². The average molecular weight is 408 g/mol. The van der Waals surface area contributed by atoms with E-state index in [1.54, 1.807) is 49.6 Å². The van der Waals surface area contributed by atoms with Gasteiger partial charge in [-0.2, -0.15) is 0 Å². The number of anilines is 1. The molecule has 7 heteroatoms. The SMILES string of the molecule is COCCOc1ccc(Br)cc1C(=O)Nc1ccccc1C(=O)OC. The van der Waals surface area contributed by atoms with Crippen LogP contribution in [-0.2, 0) is 9.47 Å². The highest BCUT2D eigenvalue weighted by molar-refractivity contribution is 9.10. The summed E-state index contributed by atoms with van der Waals surface area (Å²) in [5.74, 6) is -0.500. The minimum atomic E-state index is -0.526. The number of hydrogen-bond donors (Lipinski definition) is 1. The molecule has 0 unspecified atom stereocenters. The van der Waals surface area contributed by atoms with E-state index in [0.29, 0.717) is 30.2 Å². The van der Waals surface area contributed by atoms with Gasteiger partial charge >= 0.3 is 5.97 Å². The van der Waals surface area contributed by atoms with E-state index >= 15 is 0 Å². The quantitative estimate of drug-likeness (QED) is 0.561. The molecule has 0 heterocycles. The van der Waals surface area contributed by atoms with Gasteiger partial charge in [0, 0.05) is 11.6 Å². The first-order valence-corrected chi connectivity index (χ1v) is 8.26. The largest absolute Gasteiger partial charge is 0.490 e. The predicted octanol–water partition coefficient (Wildman–Crippen LogP) is 3.51. The van der Waals surface area contributed by atoms with Gasteiger partial charge in [0.1, 0.15) is 12.4 Å². The van der Waals surface area contributed by atoms with Gasteiger partial charge in [0.05, 0.1) is 30.5 Å². The van der Waals surface area contributed by atoms with Crippen LogP contribution in [0.4, 0.5) is 5.69 Å². The van der Waals surface area contributed by atoms with Crippen molar-refractivity contribution in [3.63, 3.8) is 0 Å². The Kier molecular flexibility index (Phi) is 6.97. The molecule has 1 N–H and O–H groups in total. The number of ether oxygens (including phenoxy) is 3. The Morgan fingerprint density at radius 2 is 1.80 bits per heavy atom. The van der Waals surface area contributed by atoms with Crippen LogP contribution < -0.4 is 10.1 Å². The van der Waals surface area contributed by atoms with Gasteiger partial charge in [0.25, 0.3) is 5.91 Å². The molecule has 0 aliphatic carbocycles. The number of carbonyl (C=O) groups excluding carboxylic acids is 2. The molecule has 0 bridgehead atoms. The molecule has 0 aromatic heterocycles. The number of methoxy groups -OCH3 is 2. The molecule has 6 nitrogen and oxygen atoms in total. The fraction of sp³-hybridized carbons (Fsp3) is 0.222. The van der Waals surface area contributed by atoms with E-state index in [4.69, 9.17) is 14.2 Å². The highest BCUT2D eigenvalue weighted by atomic mass is 79.9. The second-order valence-electron chi connectivity index (χ2n) is 4.97. The highest BCUT2D eigenvalue weighted by Gasteiger charge is 2.17. The van der Waals surface area contributed by atoms with Crippen molar-refractivity contribution in [3.05, 3.63) is 58.1 Å². The number of halogens is 1. The fourth-order valence-corrected chi connectivity index (χ4v) is 2.47. The first-order valence-electron chi connectivity index (χ1n) is 7.46. The molecule has 132 valence electrons. The summed E-state index contributed by atoms with van der Waals surface area (Å²) in [6, 6.07) is 11.8. The summed E-state index contributed by atoms with van der Waals surface area (Å²) >= 11 is 3.35. The average Bonchev–Trinajstić information content (AvgIpc) is 2.62. The summed E-state index contributed by atoms with van der Waals surface area (Å²) in [4.78, 5) is 24.5. The van der Waals surface area contributed by atoms with Crippen LogP contribution in [0.2, 0.25) is 0 Å². The van der Waals surface area contributed by atoms with E-state index in [1.165, 1.54) is 7.11 Å². The highest BCUT2D eigenvalue weighted by Crippen LogP contribution is 2.25. The Bertz CT molecular complexity index is 763. The van der Waals surface area contributed by atoms with E-state index in [0.717, 1.165) is 4.47 Å². The van der Waals surface area contributed by atoms with Gasteiger partial charge in [-0.1, -0.05) is 28.1 Å². The van der Waals surface area contributed by atoms with Gasteiger partial charge in [0.15, 0.2) is 0 Å². The van der Waals surface area contributed by atoms with Crippen LogP contribution >= 0.6 is 15.9 Å². The molecule has 0 radical (unpaired) electrons. The van der Waals surface area contributed by atoms with E-state index in [1.807, 2.05) is 0 Å². The number of amides is 1. The second kappa shape index (κ2) is 9.19. The third-order valence-corrected chi connectivity index (χ3v) is 3.81. The lowest BCUT2D eigenvalue weighted by Crippen LogP contribution is -2.17.